The van der Waals surface area contributed by atoms with Gasteiger partial charge in [0.2, 0.25) is 0 Å². The molecule has 0 amide bonds. The van der Waals surface area contributed by atoms with Crippen molar-refractivity contribution in [2.75, 3.05) is 19.7 Å². The Morgan fingerprint density at radius 1 is 1.00 bits per heavy atom. The van der Waals surface area contributed by atoms with E-state index in [1.54, 1.807) is 0 Å². The molecule has 1 heterocycles. The Kier molecular flexibility index (Phi) is 5.64. The molecule has 0 fully saturated rings. The Bertz CT molecular complexity index is 789. The van der Waals surface area contributed by atoms with Crippen LogP contribution in [0.2, 0.25) is 10.0 Å². The minimum Gasteiger partial charge on any atom is -0.396 e. The fraction of sp³-hybridized carbons (Fsp3) is 0.333. The largest absolute Gasteiger partial charge is 0.396 e. The van der Waals surface area contributed by atoms with Gasteiger partial charge in [-0.15, -0.1) is 0 Å². The molecule has 6 heteroatoms. The molecule has 0 aliphatic rings. The Morgan fingerprint density at radius 3 is 2.12 bits per heavy atom. The summed E-state index contributed by atoms with van der Waals surface area (Å²) in [6.45, 7) is 2.09. The smallest absolute Gasteiger partial charge is 0.121 e. The third kappa shape index (κ3) is 3.68. The second-order valence-corrected chi connectivity index (χ2v) is 6.85. The topological polar surface area (TPSA) is 62.0 Å². The van der Waals surface area contributed by atoms with E-state index in [4.69, 9.17) is 28.3 Å². The number of aliphatic hydroxyl groups excluding tert-OH is 2. The van der Waals surface area contributed by atoms with Crippen LogP contribution in [0.3, 0.4) is 0 Å². The maximum Gasteiger partial charge on any atom is 0.121 e. The molecule has 0 aliphatic carbocycles. The van der Waals surface area contributed by atoms with Crippen LogP contribution < -0.4 is 5.32 Å². The Morgan fingerprint density at radius 2 is 1.58 bits per heavy atom. The van der Waals surface area contributed by atoms with E-state index in [0.29, 0.717) is 23.1 Å². The number of quaternary nitrogens is 1. The molecule has 0 spiro atoms. The van der Waals surface area contributed by atoms with Crippen molar-refractivity contribution in [2.45, 2.75) is 19.1 Å². The van der Waals surface area contributed by atoms with Gasteiger partial charge in [0.15, 0.2) is 0 Å². The highest BCUT2D eigenvalue weighted by Crippen LogP contribution is 2.32. The highest BCUT2D eigenvalue weighted by molar-refractivity contribution is 6.33. The van der Waals surface area contributed by atoms with Crippen LogP contribution in [-0.4, -0.2) is 40.6 Å². The highest BCUT2D eigenvalue weighted by Gasteiger charge is 2.15. The predicted octanol–water partition coefficient (Wildman–Crippen LogP) is 2.41. The Balaban J connectivity index is 1.93. The second kappa shape index (κ2) is 7.72. The Labute approximate surface area is 150 Å². The summed E-state index contributed by atoms with van der Waals surface area (Å²) in [6, 6.07) is 11.6. The van der Waals surface area contributed by atoms with Gasteiger partial charge in [0.1, 0.15) is 12.6 Å². The van der Waals surface area contributed by atoms with Crippen molar-refractivity contribution in [3.05, 3.63) is 46.4 Å². The van der Waals surface area contributed by atoms with Crippen molar-refractivity contribution in [1.82, 2.24) is 4.57 Å². The molecule has 0 aliphatic heterocycles. The monoisotopic (exact) mass is 367 g/mol. The van der Waals surface area contributed by atoms with E-state index in [1.165, 1.54) is 0 Å². The number of aromatic nitrogens is 1. The van der Waals surface area contributed by atoms with Gasteiger partial charge in [0, 0.05) is 44.9 Å². The highest BCUT2D eigenvalue weighted by atomic mass is 35.5. The summed E-state index contributed by atoms with van der Waals surface area (Å²) in [5.41, 5.74) is 2.07. The standard InChI is InChI=1S/C18H20Cl2N2O2/c19-12-2-4-17-15(8-12)16-9-13(20)3-5-18(16)22(17)11-14(24)10-21-6-1-7-23/h2-5,8-9,14,21,23-24H,1,6-7,10-11H2/p+1/t14-/m1/s1. The summed E-state index contributed by atoms with van der Waals surface area (Å²) in [4.78, 5) is 0. The van der Waals surface area contributed by atoms with Crippen molar-refractivity contribution in [2.24, 2.45) is 0 Å². The number of hydrogen-bond donors (Lipinski definition) is 3. The van der Waals surface area contributed by atoms with Crippen molar-refractivity contribution in [3.63, 3.8) is 0 Å². The lowest BCUT2D eigenvalue weighted by molar-refractivity contribution is -0.661. The normalized spacial score (nSPS) is 13.0. The first-order valence-corrected chi connectivity index (χ1v) is 8.83. The quantitative estimate of drug-likeness (QED) is 0.561. The third-order valence-electron chi connectivity index (χ3n) is 4.19. The minimum atomic E-state index is -0.478. The van der Waals surface area contributed by atoms with E-state index in [1.807, 2.05) is 41.7 Å². The average molecular weight is 368 g/mol. The van der Waals surface area contributed by atoms with Crippen LogP contribution in [0.25, 0.3) is 21.8 Å². The van der Waals surface area contributed by atoms with Crippen LogP contribution >= 0.6 is 23.2 Å². The van der Waals surface area contributed by atoms with Gasteiger partial charge >= 0.3 is 0 Å². The van der Waals surface area contributed by atoms with Crippen LogP contribution in [0.4, 0.5) is 0 Å². The van der Waals surface area contributed by atoms with E-state index >= 15 is 0 Å². The summed E-state index contributed by atoms with van der Waals surface area (Å²) in [5.74, 6) is 0. The Hall–Kier alpha value is -1.30. The van der Waals surface area contributed by atoms with Gasteiger partial charge in [-0.3, -0.25) is 0 Å². The fourth-order valence-corrected chi connectivity index (χ4v) is 3.42. The molecule has 0 unspecified atom stereocenters. The summed E-state index contributed by atoms with van der Waals surface area (Å²) < 4.78 is 2.11. The number of rotatable bonds is 7. The lowest BCUT2D eigenvalue weighted by Gasteiger charge is -2.13. The van der Waals surface area contributed by atoms with Gasteiger partial charge in [-0.25, -0.2) is 0 Å². The van der Waals surface area contributed by atoms with Gasteiger partial charge in [0.05, 0.1) is 13.1 Å². The molecule has 4 N–H and O–H groups in total. The van der Waals surface area contributed by atoms with Crippen LogP contribution in [-0.2, 0) is 6.54 Å². The second-order valence-electron chi connectivity index (χ2n) is 5.98. The van der Waals surface area contributed by atoms with E-state index < -0.39 is 6.10 Å². The maximum atomic E-state index is 10.4. The number of nitrogens with zero attached hydrogens (tertiary/aromatic N) is 1. The fourth-order valence-electron chi connectivity index (χ4n) is 3.08. The summed E-state index contributed by atoms with van der Waals surface area (Å²) in [5, 5.41) is 24.7. The molecule has 128 valence electrons. The zero-order chi connectivity index (χ0) is 17.1. The van der Waals surface area contributed by atoms with Gasteiger partial charge in [-0.1, -0.05) is 23.2 Å². The molecular weight excluding hydrogens is 347 g/mol. The molecule has 3 rings (SSSR count). The molecule has 0 saturated carbocycles. The molecule has 1 atom stereocenters. The number of hydrogen-bond acceptors (Lipinski definition) is 2. The van der Waals surface area contributed by atoms with Gasteiger partial charge in [-0.2, -0.15) is 0 Å². The van der Waals surface area contributed by atoms with E-state index in [2.05, 4.69) is 4.57 Å². The molecular formula is C18H21Cl2N2O2+. The van der Waals surface area contributed by atoms with Crippen LogP contribution in [0.15, 0.2) is 36.4 Å². The summed E-state index contributed by atoms with van der Waals surface area (Å²) in [6.07, 6.45) is 0.257. The molecule has 0 bridgehead atoms. The molecule has 0 radical (unpaired) electrons. The maximum absolute atomic E-state index is 10.4. The number of nitrogens with two attached hydrogens (primary N) is 1. The minimum absolute atomic E-state index is 0.182. The zero-order valence-corrected chi connectivity index (χ0v) is 14.8. The molecule has 24 heavy (non-hydrogen) atoms. The number of benzene rings is 2. The van der Waals surface area contributed by atoms with Crippen LogP contribution in [0.5, 0.6) is 0 Å². The third-order valence-corrected chi connectivity index (χ3v) is 4.66. The number of halogens is 2. The SMILES string of the molecule is OCCC[NH2+]C[C@@H](O)Cn1c2ccc(Cl)cc2c2cc(Cl)ccc21. The lowest BCUT2D eigenvalue weighted by atomic mass is 10.1. The van der Waals surface area contributed by atoms with Crippen LogP contribution in [0.1, 0.15) is 6.42 Å². The van der Waals surface area contributed by atoms with Gasteiger partial charge in [-0.05, 0) is 36.4 Å². The summed E-state index contributed by atoms with van der Waals surface area (Å²) >= 11 is 12.3. The number of fused-ring (bicyclic) bond motifs is 3. The van der Waals surface area contributed by atoms with Crippen molar-refractivity contribution >= 4 is 45.0 Å². The first-order chi connectivity index (χ1) is 11.6. The average Bonchev–Trinajstić information content (AvgIpc) is 2.84. The summed E-state index contributed by atoms with van der Waals surface area (Å²) in [7, 11) is 0. The zero-order valence-electron chi connectivity index (χ0n) is 13.3. The molecule has 0 saturated heterocycles. The van der Waals surface area contributed by atoms with Crippen molar-refractivity contribution in [1.29, 1.82) is 0 Å². The van der Waals surface area contributed by atoms with Crippen molar-refractivity contribution < 1.29 is 15.5 Å². The molecule has 4 nitrogen and oxygen atoms in total. The van der Waals surface area contributed by atoms with Crippen LogP contribution in [0, 0.1) is 0 Å². The number of aliphatic hydroxyl groups is 2. The van der Waals surface area contributed by atoms with E-state index in [-0.39, 0.29) is 6.61 Å². The van der Waals surface area contributed by atoms with Gasteiger partial charge in [0.25, 0.3) is 0 Å². The molecule has 3 aromatic rings. The van der Waals surface area contributed by atoms with Crippen molar-refractivity contribution in [3.8, 4) is 0 Å². The molecule has 2 aromatic carbocycles. The predicted molar refractivity (Wildman–Crippen MR) is 98.8 cm³/mol. The van der Waals surface area contributed by atoms with E-state index in [0.717, 1.165) is 34.8 Å². The lowest BCUT2D eigenvalue weighted by Crippen LogP contribution is -2.86. The molecule has 1 aromatic heterocycles. The first kappa shape index (κ1) is 17.5. The first-order valence-electron chi connectivity index (χ1n) is 8.07. The van der Waals surface area contributed by atoms with Gasteiger partial charge < -0.3 is 20.1 Å². The van der Waals surface area contributed by atoms with E-state index in [9.17, 15) is 5.11 Å².